The molecule has 0 atom stereocenters. The molecule has 0 bridgehead atoms. The predicted molar refractivity (Wildman–Crippen MR) is 113 cm³/mol. The molecule has 1 aromatic heterocycles. The zero-order chi connectivity index (χ0) is 17.0. The van der Waals surface area contributed by atoms with Gasteiger partial charge in [0.2, 0.25) is 0 Å². The van der Waals surface area contributed by atoms with Gasteiger partial charge >= 0.3 is 0 Å². The van der Waals surface area contributed by atoms with E-state index >= 15 is 0 Å². The first-order valence-corrected chi connectivity index (χ1v) is 8.06. The number of hydrogen-bond acceptors (Lipinski definition) is 3. The maximum atomic E-state index is 5.73. The monoisotopic (exact) mass is 452 g/mol. The van der Waals surface area contributed by atoms with Crippen LogP contribution in [0.3, 0.4) is 0 Å². The van der Waals surface area contributed by atoms with E-state index in [2.05, 4.69) is 27.2 Å². The van der Waals surface area contributed by atoms with Crippen LogP contribution in [0.25, 0.3) is 0 Å². The molecule has 0 fully saturated rings. The summed E-state index contributed by atoms with van der Waals surface area (Å²) in [6, 6.07) is 13.7. The molecule has 2 rings (SSSR count). The van der Waals surface area contributed by atoms with Crippen LogP contribution in [0.4, 0.5) is 0 Å². The van der Waals surface area contributed by atoms with Crippen LogP contribution in [0.1, 0.15) is 18.2 Å². The minimum atomic E-state index is 0. The zero-order valence-corrected chi connectivity index (χ0v) is 16.8. The lowest BCUT2D eigenvalue weighted by molar-refractivity contribution is 0.301. The van der Waals surface area contributed by atoms with Gasteiger partial charge in [-0.3, -0.25) is 4.98 Å². The van der Waals surface area contributed by atoms with E-state index in [1.54, 1.807) is 12.3 Å². The second-order valence-electron chi connectivity index (χ2n) is 5.12. The highest BCUT2D eigenvalue weighted by Gasteiger charge is 1.99. The minimum Gasteiger partial charge on any atom is -0.487 e. The van der Waals surface area contributed by atoms with Gasteiger partial charge in [0, 0.05) is 19.3 Å². The minimum absolute atomic E-state index is 0. The quantitative estimate of drug-likeness (QED) is 0.279. The fourth-order valence-electron chi connectivity index (χ4n) is 2.01. The number of hydrogen-bond donors (Lipinski definition) is 2. The highest BCUT2D eigenvalue weighted by atomic mass is 127. The largest absolute Gasteiger partial charge is 0.487 e. The lowest BCUT2D eigenvalue weighted by atomic mass is 10.2. The topological polar surface area (TPSA) is 58.5 Å². The van der Waals surface area contributed by atoms with Gasteiger partial charge < -0.3 is 15.4 Å². The first-order valence-electron chi connectivity index (χ1n) is 8.06. The fraction of sp³-hybridized carbons (Fsp3) is 0.263. The average molecular weight is 452 g/mol. The van der Waals surface area contributed by atoms with E-state index in [4.69, 9.17) is 4.74 Å². The summed E-state index contributed by atoms with van der Waals surface area (Å²) in [6.07, 6.45) is 3.57. The molecule has 0 radical (unpaired) electrons. The van der Waals surface area contributed by atoms with E-state index in [1.807, 2.05) is 49.4 Å². The van der Waals surface area contributed by atoms with Crippen LogP contribution in [0.15, 0.2) is 66.3 Å². The predicted octanol–water partition coefficient (Wildman–Crippen LogP) is 3.52. The van der Waals surface area contributed by atoms with Gasteiger partial charge in [-0.1, -0.05) is 24.3 Å². The van der Waals surface area contributed by atoms with Gasteiger partial charge in [-0.2, -0.15) is 0 Å². The van der Waals surface area contributed by atoms with Crippen LogP contribution in [-0.4, -0.2) is 24.0 Å². The van der Waals surface area contributed by atoms with E-state index in [9.17, 15) is 0 Å². The Morgan fingerprint density at radius 3 is 2.64 bits per heavy atom. The van der Waals surface area contributed by atoms with Crippen molar-refractivity contribution >= 4 is 29.9 Å². The van der Waals surface area contributed by atoms with Crippen LogP contribution in [0.2, 0.25) is 0 Å². The number of nitrogens with one attached hydrogen (secondary N) is 2. The number of nitrogens with zero attached hydrogens (tertiary/aromatic N) is 2. The van der Waals surface area contributed by atoms with Gasteiger partial charge in [0.25, 0.3) is 0 Å². The van der Waals surface area contributed by atoms with Crippen molar-refractivity contribution in [2.24, 2.45) is 4.99 Å². The van der Waals surface area contributed by atoms with Gasteiger partial charge in [0.05, 0.1) is 12.2 Å². The second-order valence-corrected chi connectivity index (χ2v) is 5.12. The van der Waals surface area contributed by atoms with Crippen molar-refractivity contribution in [3.8, 4) is 5.75 Å². The van der Waals surface area contributed by atoms with Gasteiger partial charge in [-0.05, 0) is 36.8 Å². The Morgan fingerprint density at radius 1 is 1.20 bits per heavy atom. The Labute approximate surface area is 166 Å². The molecular formula is C19H25IN4O. The summed E-state index contributed by atoms with van der Waals surface area (Å²) < 4.78 is 5.73. The number of ether oxygens (including phenoxy) is 1. The number of guanidine groups is 1. The van der Waals surface area contributed by atoms with E-state index in [0.717, 1.165) is 29.5 Å². The summed E-state index contributed by atoms with van der Waals surface area (Å²) in [5.74, 6) is 1.61. The van der Waals surface area contributed by atoms with E-state index < -0.39 is 0 Å². The summed E-state index contributed by atoms with van der Waals surface area (Å²) in [6.45, 7) is 8.32. The molecule has 0 aliphatic carbocycles. The maximum Gasteiger partial charge on any atom is 0.191 e. The molecule has 6 heteroatoms. The molecule has 0 saturated heterocycles. The van der Waals surface area contributed by atoms with Crippen molar-refractivity contribution in [2.75, 3.05) is 13.1 Å². The van der Waals surface area contributed by atoms with Crippen molar-refractivity contribution in [1.29, 1.82) is 0 Å². The molecule has 134 valence electrons. The molecule has 2 aromatic rings. The number of rotatable bonds is 8. The van der Waals surface area contributed by atoms with E-state index in [1.165, 1.54) is 0 Å². The van der Waals surface area contributed by atoms with Crippen molar-refractivity contribution in [1.82, 2.24) is 15.6 Å². The van der Waals surface area contributed by atoms with Crippen LogP contribution in [0, 0.1) is 0 Å². The Balaban J connectivity index is 0.00000312. The first kappa shape index (κ1) is 21.0. The Bertz CT molecular complexity index is 644. The Hall–Kier alpha value is -2.09. The number of pyridine rings is 1. The molecule has 0 saturated carbocycles. The average Bonchev–Trinajstić information content (AvgIpc) is 2.64. The summed E-state index contributed by atoms with van der Waals surface area (Å²) in [5, 5.41) is 6.38. The highest BCUT2D eigenvalue weighted by molar-refractivity contribution is 14.0. The lowest BCUT2D eigenvalue weighted by Gasteiger charge is -2.10. The maximum absolute atomic E-state index is 5.73. The molecule has 5 nitrogen and oxygen atoms in total. The van der Waals surface area contributed by atoms with Crippen LogP contribution in [-0.2, 0) is 13.2 Å². The first-order chi connectivity index (χ1) is 11.8. The number of benzene rings is 1. The van der Waals surface area contributed by atoms with Gasteiger partial charge in [-0.25, -0.2) is 4.99 Å². The molecule has 2 N–H and O–H groups in total. The molecule has 25 heavy (non-hydrogen) atoms. The molecule has 1 heterocycles. The normalized spacial score (nSPS) is 10.5. The zero-order valence-electron chi connectivity index (χ0n) is 14.4. The van der Waals surface area contributed by atoms with Gasteiger partial charge in [0.1, 0.15) is 12.4 Å². The van der Waals surface area contributed by atoms with Crippen molar-refractivity contribution in [3.63, 3.8) is 0 Å². The third-order valence-corrected chi connectivity index (χ3v) is 3.21. The Kier molecular flexibility index (Phi) is 10.3. The molecule has 0 aliphatic heterocycles. The van der Waals surface area contributed by atoms with Crippen LogP contribution >= 0.6 is 24.0 Å². The summed E-state index contributed by atoms with van der Waals surface area (Å²) >= 11 is 0. The SMILES string of the molecule is C=CCNC(=NCc1ccc(OCc2ccccn2)cc1)NCC.I. The highest BCUT2D eigenvalue weighted by Crippen LogP contribution is 2.14. The number of aromatic nitrogens is 1. The third kappa shape index (κ3) is 8.02. The summed E-state index contributed by atoms with van der Waals surface area (Å²) in [7, 11) is 0. The van der Waals surface area contributed by atoms with Gasteiger partial charge in [-0.15, -0.1) is 30.6 Å². The van der Waals surface area contributed by atoms with E-state index in [-0.39, 0.29) is 24.0 Å². The molecular weight excluding hydrogens is 427 g/mol. The Morgan fingerprint density at radius 2 is 2.00 bits per heavy atom. The number of halogens is 1. The molecule has 0 aliphatic rings. The third-order valence-electron chi connectivity index (χ3n) is 3.21. The molecule has 0 unspecified atom stereocenters. The number of aliphatic imine (C=N–C) groups is 1. The standard InChI is InChI=1S/C19H24N4O.HI/c1-3-12-22-19(20-4-2)23-14-16-8-10-18(11-9-16)24-15-17-7-5-6-13-21-17;/h3,5-11,13H,1,4,12,14-15H2,2H3,(H2,20,22,23);1H. The van der Waals surface area contributed by atoms with Crippen molar-refractivity contribution < 1.29 is 4.74 Å². The van der Waals surface area contributed by atoms with Crippen LogP contribution in [0.5, 0.6) is 5.75 Å². The lowest BCUT2D eigenvalue weighted by Crippen LogP contribution is -2.37. The second kappa shape index (κ2) is 12.3. The van der Waals surface area contributed by atoms with Crippen molar-refractivity contribution in [3.05, 3.63) is 72.6 Å². The van der Waals surface area contributed by atoms with E-state index in [0.29, 0.717) is 19.7 Å². The fourth-order valence-corrected chi connectivity index (χ4v) is 2.01. The van der Waals surface area contributed by atoms with Gasteiger partial charge in [0.15, 0.2) is 5.96 Å². The molecule has 1 aromatic carbocycles. The smallest absolute Gasteiger partial charge is 0.191 e. The summed E-state index contributed by atoms with van der Waals surface area (Å²) in [4.78, 5) is 8.78. The molecule has 0 amide bonds. The molecule has 0 spiro atoms. The van der Waals surface area contributed by atoms with Crippen LogP contribution < -0.4 is 15.4 Å². The van der Waals surface area contributed by atoms with Crippen molar-refractivity contribution in [2.45, 2.75) is 20.1 Å². The summed E-state index contributed by atoms with van der Waals surface area (Å²) in [5.41, 5.74) is 2.03.